The van der Waals surface area contributed by atoms with Gasteiger partial charge in [0.05, 0.1) is 5.75 Å². The minimum atomic E-state index is -0.428. The summed E-state index contributed by atoms with van der Waals surface area (Å²) in [5.41, 5.74) is 2.08. The Labute approximate surface area is 177 Å². The fourth-order valence-corrected chi connectivity index (χ4v) is 3.80. The summed E-state index contributed by atoms with van der Waals surface area (Å²) in [4.78, 5) is 27.9. The quantitative estimate of drug-likeness (QED) is 0.534. The number of hydrogen-bond acceptors (Lipinski definition) is 6. The highest BCUT2D eigenvalue weighted by Gasteiger charge is 2.19. The number of nitrogens with zero attached hydrogens (tertiary/aromatic N) is 2. The van der Waals surface area contributed by atoms with Gasteiger partial charge < -0.3 is 19.9 Å². The van der Waals surface area contributed by atoms with Crippen LogP contribution in [0.3, 0.4) is 0 Å². The van der Waals surface area contributed by atoms with Gasteiger partial charge in [-0.05, 0) is 36.5 Å². The van der Waals surface area contributed by atoms with E-state index in [1.165, 1.54) is 11.8 Å². The SMILES string of the molecule is CC1CCN(C(=S)SCC(=O)OCC(=O)NCc2ccc(N(C)C)cc2)CC1. The fourth-order valence-electron chi connectivity index (χ4n) is 2.75. The largest absolute Gasteiger partial charge is 0.455 e. The number of ether oxygens (including phenoxy) is 1. The summed E-state index contributed by atoms with van der Waals surface area (Å²) in [5.74, 6) is 0.119. The number of amides is 1. The van der Waals surface area contributed by atoms with Crippen molar-refractivity contribution >= 4 is 45.9 Å². The van der Waals surface area contributed by atoms with Crippen molar-refractivity contribution < 1.29 is 14.3 Å². The lowest BCUT2D eigenvalue weighted by molar-refractivity contribution is -0.145. The molecule has 6 nitrogen and oxygen atoms in total. The monoisotopic (exact) mass is 423 g/mol. The molecule has 1 saturated heterocycles. The van der Waals surface area contributed by atoms with Gasteiger partial charge in [0, 0.05) is 39.4 Å². The molecule has 0 spiro atoms. The van der Waals surface area contributed by atoms with Crippen molar-refractivity contribution in [3.8, 4) is 0 Å². The molecule has 0 unspecified atom stereocenters. The number of rotatable bonds is 7. The smallest absolute Gasteiger partial charge is 0.316 e. The number of likely N-dealkylation sites (tertiary alicyclic amines) is 1. The molecule has 28 heavy (non-hydrogen) atoms. The maximum absolute atomic E-state index is 11.9. The number of nitrogens with one attached hydrogen (secondary N) is 1. The van der Waals surface area contributed by atoms with Gasteiger partial charge in [0.1, 0.15) is 4.32 Å². The van der Waals surface area contributed by atoms with E-state index in [9.17, 15) is 9.59 Å². The van der Waals surface area contributed by atoms with Gasteiger partial charge in [-0.25, -0.2) is 0 Å². The van der Waals surface area contributed by atoms with E-state index in [1.807, 2.05) is 43.3 Å². The average Bonchev–Trinajstić information content (AvgIpc) is 2.69. The predicted octanol–water partition coefficient (Wildman–Crippen LogP) is 2.66. The number of piperidine rings is 1. The zero-order chi connectivity index (χ0) is 20.5. The lowest BCUT2D eigenvalue weighted by Crippen LogP contribution is -2.36. The van der Waals surface area contributed by atoms with Crippen LogP contribution in [0.1, 0.15) is 25.3 Å². The van der Waals surface area contributed by atoms with Gasteiger partial charge in [0.15, 0.2) is 6.61 Å². The van der Waals surface area contributed by atoms with Crippen LogP contribution in [-0.2, 0) is 20.9 Å². The van der Waals surface area contributed by atoms with Gasteiger partial charge in [-0.2, -0.15) is 0 Å². The molecular formula is C20H29N3O3S2. The van der Waals surface area contributed by atoms with Crippen LogP contribution in [-0.4, -0.2) is 60.6 Å². The Balaban J connectivity index is 1.61. The van der Waals surface area contributed by atoms with E-state index in [4.69, 9.17) is 17.0 Å². The van der Waals surface area contributed by atoms with E-state index < -0.39 is 5.97 Å². The highest BCUT2D eigenvalue weighted by Crippen LogP contribution is 2.20. The number of benzene rings is 1. The van der Waals surface area contributed by atoms with Gasteiger partial charge in [0.25, 0.3) is 5.91 Å². The molecule has 154 valence electrons. The second kappa shape index (κ2) is 11.3. The van der Waals surface area contributed by atoms with Crippen molar-refractivity contribution in [1.29, 1.82) is 0 Å². The first-order valence-electron chi connectivity index (χ1n) is 9.45. The molecular weight excluding hydrogens is 394 g/mol. The van der Waals surface area contributed by atoms with E-state index in [0.717, 1.165) is 47.4 Å². The molecule has 0 aliphatic carbocycles. The number of thioether (sulfide) groups is 1. The zero-order valence-electron chi connectivity index (χ0n) is 16.8. The minimum absolute atomic E-state index is 0.129. The summed E-state index contributed by atoms with van der Waals surface area (Å²) in [5, 5.41) is 2.75. The number of carbonyl (C=O) groups excluding carboxylic acids is 2. The number of hydrogen-bond donors (Lipinski definition) is 1. The van der Waals surface area contributed by atoms with Crippen LogP contribution in [0.4, 0.5) is 5.69 Å². The molecule has 1 aromatic rings. The third-order valence-corrected chi connectivity index (χ3v) is 6.16. The third kappa shape index (κ3) is 7.67. The molecule has 0 atom stereocenters. The Morgan fingerprint density at radius 2 is 1.89 bits per heavy atom. The summed E-state index contributed by atoms with van der Waals surface area (Å²) >= 11 is 6.69. The molecule has 1 N–H and O–H groups in total. The van der Waals surface area contributed by atoms with Crippen molar-refractivity contribution in [2.45, 2.75) is 26.3 Å². The van der Waals surface area contributed by atoms with Crippen LogP contribution in [0.2, 0.25) is 0 Å². The minimum Gasteiger partial charge on any atom is -0.455 e. The van der Waals surface area contributed by atoms with Gasteiger partial charge in [-0.1, -0.05) is 43.0 Å². The molecule has 2 rings (SSSR count). The van der Waals surface area contributed by atoms with Crippen LogP contribution in [0.5, 0.6) is 0 Å². The second-order valence-corrected chi connectivity index (χ2v) is 8.83. The number of anilines is 1. The van der Waals surface area contributed by atoms with Crippen LogP contribution in [0, 0.1) is 5.92 Å². The molecule has 0 saturated carbocycles. The van der Waals surface area contributed by atoms with E-state index >= 15 is 0 Å². The summed E-state index contributed by atoms with van der Waals surface area (Å²) in [6.45, 7) is 4.26. The molecule has 0 radical (unpaired) electrons. The Kier molecular flexibility index (Phi) is 9.05. The van der Waals surface area contributed by atoms with Gasteiger partial charge in [-0.3, -0.25) is 9.59 Å². The molecule has 8 heteroatoms. The molecule has 0 bridgehead atoms. The zero-order valence-corrected chi connectivity index (χ0v) is 18.4. The van der Waals surface area contributed by atoms with E-state index in [1.54, 1.807) is 0 Å². The molecule has 1 aliphatic heterocycles. The lowest BCUT2D eigenvalue weighted by Gasteiger charge is -2.31. The predicted molar refractivity (Wildman–Crippen MR) is 119 cm³/mol. The molecule has 1 aliphatic rings. The van der Waals surface area contributed by atoms with Crippen molar-refractivity contribution in [2.75, 3.05) is 44.4 Å². The highest BCUT2D eigenvalue weighted by atomic mass is 32.2. The van der Waals surface area contributed by atoms with Gasteiger partial charge in [0.2, 0.25) is 0 Å². The highest BCUT2D eigenvalue weighted by molar-refractivity contribution is 8.23. The van der Waals surface area contributed by atoms with Crippen molar-refractivity contribution in [3.05, 3.63) is 29.8 Å². The van der Waals surface area contributed by atoms with E-state index in [2.05, 4.69) is 17.1 Å². The van der Waals surface area contributed by atoms with Crippen molar-refractivity contribution in [2.24, 2.45) is 5.92 Å². The Hall–Kier alpha value is -1.80. The lowest BCUT2D eigenvalue weighted by atomic mass is 10.00. The Morgan fingerprint density at radius 1 is 1.25 bits per heavy atom. The Morgan fingerprint density at radius 3 is 2.50 bits per heavy atom. The van der Waals surface area contributed by atoms with Crippen LogP contribution < -0.4 is 10.2 Å². The second-order valence-electron chi connectivity index (χ2n) is 7.22. The van der Waals surface area contributed by atoms with Gasteiger partial charge >= 0.3 is 5.97 Å². The van der Waals surface area contributed by atoms with Gasteiger partial charge in [-0.15, -0.1) is 0 Å². The summed E-state index contributed by atoms with van der Waals surface area (Å²) in [7, 11) is 3.95. The Bertz CT molecular complexity index is 672. The standard InChI is InChI=1S/C20H29N3O3S2/c1-15-8-10-23(11-9-15)20(27)28-14-19(25)26-13-18(24)21-12-16-4-6-17(7-5-16)22(2)3/h4-7,15H,8-14H2,1-3H3,(H,21,24). The maximum Gasteiger partial charge on any atom is 0.316 e. The first-order valence-corrected chi connectivity index (χ1v) is 10.8. The summed E-state index contributed by atoms with van der Waals surface area (Å²) in [6, 6.07) is 7.90. The van der Waals surface area contributed by atoms with Crippen LogP contribution >= 0.6 is 24.0 Å². The number of esters is 1. The molecule has 1 heterocycles. The first-order chi connectivity index (χ1) is 13.3. The number of carbonyl (C=O) groups is 2. The fraction of sp³-hybridized carbons (Fsp3) is 0.550. The van der Waals surface area contributed by atoms with Crippen molar-refractivity contribution in [1.82, 2.24) is 10.2 Å². The summed E-state index contributed by atoms with van der Waals surface area (Å²) in [6.07, 6.45) is 2.26. The molecule has 1 aromatic carbocycles. The first kappa shape index (κ1) is 22.5. The van der Waals surface area contributed by atoms with E-state index in [0.29, 0.717) is 6.54 Å². The third-order valence-electron chi connectivity index (χ3n) is 4.66. The maximum atomic E-state index is 11.9. The summed E-state index contributed by atoms with van der Waals surface area (Å²) < 4.78 is 5.77. The van der Waals surface area contributed by atoms with Crippen molar-refractivity contribution in [3.63, 3.8) is 0 Å². The number of thiocarbonyl (C=S) groups is 1. The normalized spacial score (nSPS) is 14.5. The van der Waals surface area contributed by atoms with Crippen LogP contribution in [0.25, 0.3) is 0 Å². The molecule has 1 amide bonds. The molecule has 1 fully saturated rings. The molecule has 0 aromatic heterocycles. The average molecular weight is 424 g/mol. The van der Waals surface area contributed by atoms with Crippen LogP contribution in [0.15, 0.2) is 24.3 Å². The van der Waals surface area contributed by atoms with E-state index in [-0.39, 0.29) is 18.3 Å². The topological polar surface area (TPSA) is 61.9 Å².